The maximum atomic E-state index is 14.1. The van der Waals surface area contributed by atoms with Crippen molar-refractivity contribution in [1.82, 2.24) is 0 Å². The van der Waals surface area contributed by atoms with Crippen LogP contribution in [0, 0.1) is 28.1 Å². The summed E-state index contributed by atoms with van der Waals surface area (Å²) in [5, 5.41) is 23.3. The molecule has 1 aromatic rings. The molecule has 3 saturated heterocycles. The highest BCUT2D eigenvalue weighted by Gasteiger charge is 2.91. The van der Waals surface area contributed by atoms with E-state index in [9.17, 15) is 19.8 Å². The maximum Gasteiger partial charge on any atom is 0.339 e. The van der Waals surface area contributed by atoms with Gasteiger partial charge in [0, 0.05) is 34.7 Å². The average Bonchev–Trinajstić information content (AvgIpc) is 3.23. The lowest BCUT2D eigenvalue weighted by Crippen LogP contribution is -2.75. The summed E-state index contributed by atoms with van der Waals surface area (Å²) in [4.78, 5) is 27.2. The second kappa shape index (κ2) is 5.73. The van der Waals surface area contributed by atoms with Gasteiger partial charge in [-0.25, -0.2) is 4.79 Å². The molecule has 1 spiro atoms. The summed E-state index contributed by atoms with van der Waals surface area (Å²) in [7, 11) is 0. The fourth-order valence-corrected chi connectivity index (χ4v) is 9.06. The lowest BCUT2D eigenvalue weighted by molar-refractivity contribution is -0.289. The highest BCUT2D eigenvalue weighted by molar-refractivity contribution is 5.93. The number of hydrogen-bond acceptors (Lipinski definition) is 8. The van der Waals surface area contributed by atoms with Gasteiger partial charge in [0.2, 0.25) is 0 Å². The maximum absolute atomic E-state index is 14.1. The van der Waals surface area contributed by atoms with Crippen LogP contribution in [-0.2, 0) is 23.8 Å². The monoisotopic (exact) mass is 460 g/mol. The summed E-state index contributed by atoms with van der Waals surface area (Å²) in [5.74, 6) is -3.15. The number of aliphatic hydroxyl groups is 2. The molecule has 3 aliphatic heterocycles. The van der Waals surface area contributed by atoms with Gasteiger partial charge >= 0.3 is 5.97 Å². The third-order valence-electron chi connectivity index (χ3n) is 10.4. The van der Waals surface area contributed by atoms with Gasteiger partial charge in [0.05, 0.1) is 29.6 Å². The van der Waals surface area contributed by atoms with Crippen molar-refractivity contribution in [2.75, 3.05) is 0 Å². The lowest BCUT2D eigenvalue weighted by atomic mass is 9.36. The number of Topliss-reactive ketones (excluding diaryl/α,β-unsaturated/α-hetero) is 1. The third kappa shape index (κ3) is 2.06. The SMILES string of the molecule is CC1(C)O[C@](C)(O)[C@@]2(C)[C@@H]1CC(=O)[C@]1(C)[C@H]2[C@@H](O)C[C@@]2(C)[C@H](c3ccoc3)OC(=O)[C@H]3O[C@]321. The number of rotatable bonds is 1. The van der Waals surface area contributed by atoms with Crippen LogP contribution >= 0.6 is 0 Å². The summed E-state index contributed by atoms with van der Waals surface area (Å²) in [6.07, 6.45) is 0.855. The number of cyclic esters (lactones) is 1. The molecule has 6 rings (SSSR count). The molecule has 2 N–H and O–H groups in total. The summed E-state index contributed by atoms with van der Waals surface area (Å²) >= 11 is 0. The number of esters is 1. The Hall–Kier alpha value is -1.74. The Morgan fingerprint density at radius 3 is 2.39 bits per heavy atom. The summed E-state index contributed by atoms with van der Waals surface area (Å²) in [6.45, 7) is 11.0. The topological polar surface area (TPSA) is 119 Å². The molecule has 0 aromatic carbocycles. The van der Waals surface area contributed by atoms with Crippen molar-refractivity contribution in [3.05, 3.63) is 24.2 Å². The minimum Gasteiger partial charge on any atom is -0.472 e. The van der Waals surface area contributed by atoms with Gasteiger partial charge in [-0.2, -0.15) is 0 Å². The van der Waals surface area contributed by atoms with Gasteiger partial charge in [0.15, 0.2) is 11.9 Å². The van der Waals surface area contributed by atoms with E-state index in [-0.39, 0.29) is 24.5 Å². The van der Waals surface area contributed by atoms with E-state index in [0.717, 1.165) is 0 Å². The first kappa shape index (κ1) is 21.8. The number of ketones is 1. The van der Waals surface area contributed by atoms with E-state index in [1.165, 1.54) is 12.5 Å². The quantitative estimate of drug-likeness (QED) is 0.485. The molecule has 4 heterocycles. The zero-order chi connectivity index (χ0) is 24.0. The van der Waals surface area contributed by atoms with Crippen molar-refractivity contribution in [1.29, 1.82) is 0 Å². The van der Waals surface area contributed by atoms with Crippen LogP contribution in [0.4, 0.5) is 0 Å². The third-order valence-corrected chi connectivity index (χ3v) is 10.4. The molecule has 0 radical (unpaired) electrons. The van der Waals surface area contributed by atoms with Crippen molar-refractivity contribution < 1.29 is 38.4 Å². The Morgan fingerprint density at radius 2 is 1.76 bits per heavy atom. The van der Waals surface area contributed by atoms with Crippen LogP contribution < -0.4 is 0 Å². The van der Waals surface area contributed by atoms with E-state index in [2.05, 4.69) is 0 Å². The van der Waals surface area contributed by atoms with Crippen molar-refractivity contribution in [2.45, 2.75) is 89.7 Å². The number of carbonyl (C=O) groups excluding carboxylic acids is 2. The number of hydrogen-bond donors (Lipinski definition) is 2. The fourth-order valence-electron chi connectivity index (χ4n) is 9.06. The number of epoxide rings is 1. The van der Waals surface area contributed by atoms with Crippen LogP contribution in [0.2, 0.25) is 0 Å². The van der Waals surface area contributed by atoms with E-state index in [1.54, 1.807) is 13.0 Å². The van der Waals surface area contributed by atoms with Gasteiger partial charge in [0.1, 0.15) is 17.5 Å². The Kier molecular flexibility index (Phi) is 3.78. The first-order valence-corrected chi connectivity index (χ1v) is 11.7. The molecule has 1 aromatic heterocycles. The molecular weight excluding hydrogens is 428 g/mol. The summed E-state index contributed by atoms with van der Waals surface area (Å²) in [5.41, 5.74) is -4.31. The number of carbonyl (C=O) groups is 2. The molecule has 2 aliphatic carbocycles. The molecule has 2 saturated carbocycles. The first-order valence-electron chi connectivity index (χ1n) is 11.7. The predicted octanol–water partition coefficient (Wildman–Crippen LogP) is 2.52. The van der Waals surface area contributed by atoms with Crippen molar-refractivity contribution in [3.63, 3.8) is 0 Å². The molecule has 5 fully saturated rings. The summed E-state index contributed by atoms with van der Waals surface area (Å²) < 4.78 is 23.5. The molecule has 0 unspecified atom stereocenters. The van der Waals surface area contributed by atoms with Crippen LogP contribution in [0.5, 0.6) is 0 Å². The van der Waals surface area contributed by atoms with E-state index < -0.39 is 63.4 Å². The van der Waals surface area contributed by atoms with Gasteiger partial charge in [-0.3, -0.25) is 4.79 Å². The van der Waals surface area contributed by atoms with Crippen molar-refractivity contribution in [2.24, 2.45) is 28.1 Å². The zero-order valence-corrected chi connectivity index (χ0v) is 19.9. The Bertz CT molecular complexity index is 1060. The Morgan fingerprint density at radius 1 is 1.06 bits per heavy atom. The predicted molar refractivity (Wildman–Crippen MR) is 112 cm³/mol. The van der Waals surface area contributed by atoms with Crippen LogP contribution in [0.25, 0.3) is 0 Å². The Balaban J connectivity index is 1.58. The highest BCUT2D eigenvalue weighted by atomic mass is 16.7. The summed E-state index contributed by atoms with van der Waals surface area (Å²) in [6, 6.07) is 1.73. The van der Waals surface area contributed by atoms with E-state index in [4.69, 9.17) is 18.6 Å². The van der Waals surface area contributed by atoms with Crippen LogP contribution in [0.1, 0.15) is 66.1 Å². The van der Waals surface area contributed by atoms with Gasteiger partial charge in [-0.1, -0.05) is 13.8 Å². The van der Waals surface area contributed by atoms with Crippen molar-refractivity contribution in [3.8, 4) is 0 Å². The van der Waals surface area contributed by atoms with E-state index in [0.29, 0.717) is 5.56 Å². The van der Waals surface area contributed by atoms with Crippen LogP contribution in [-0.4, -0.2) is 51.2 Å². The van der Waals surface area contributed by atoms with Gasteiger partial charge in [-0.05, 0) is 40.2 Å². The molecular formula is C25H32O8. The lowest BCUT2D eigenvalue weighted by Gasteiger charge is -2.66. The number of furan rings is 1. The fraction of sp³-hybridized carbons (Fsp3) is 0.760. The second-order valence-electron chi connectivity index (χ2n) is 12.1. The van der Waals surface area contributed by atoms with Crippen molar-refractivity contribution >= 4 is 11.8 Å². The molecule has 5 aliphatic rings. The zero-order valence-electron chi connectivity index (χ0n) is 19.9. The molecule has 8 heteroatoms. The first-order chi connectivity index (χ1) is 15.2. The highest BCUT2D eigenvalue weighted by Crippen LogP contribution is 2.80. The molecule has 180 valence electrons. The van der Waals surface area contributed by atoms with E-state index >= 15 is 0 Å². The van der Waals surface area contributed by atoms with Gasteiger partial charge < -0.3 is 28.8 Å². The smallest absolute Gasteiger partial charge is 0.339 e. The molecule has 0 bridgehead atoms. The average molecular weight is 461 g/mol. The number of ether oxygens (including phenoxy) is 3. The number of fused-ring (bicyclic) bond motifs is 3. The largest absolute Gasteiger partial charge is 0.472 e. The second-order valence-corrected chi connectivity index (χ2v) is 12.1. The normalized spacial score (nSPS) is 56.3. The molecule has 0 amide bonds. The van der Waals surface area contributed by atoms with Crippen LogP contribution in [0.15, 0.2) is 23.0 Å². The Labute approximate surface area is 192 Å². The van der Waals surface area contributed by atoms with Crippen LogP contribution in [0.3, 0.4) is 0 Å². The standard InChI is InChI=1S/C25H32O8/c1-20(2)14-9-15(27)23(5)16(22(14,4)24(6,29)33-20)13(26)10-21(3)17(12-7-8-30-11-12)31-19(28)18-25(21,23)32-18/h7-8,11,13-14,16-18,26,29H,9-10H2,1-6H3/t13-,14+,16-,17-,18+,21-,22-,23+,24-,25+/m0/s1. The minimum absolute atomic E-state index is 0.0718. The van der Waals surface area contributed by atoms with E-state index in [1.807, 2.05) is 34.6 Å². The minimum atomic E-state index is -1.58. The molecule has 33 heavy (non-hydrogen) atoms. The molecule has 8 nitrogen and oxygen atoms in total. The molecule has 10 atom stereocenters. The van der Waals surface area contributed by atoms with Gasteiger partial charge in [-0.15, -0.1) is 0 Å². The van der Waals surface area contributed by atoms with Gasteiger partial charge in [0.25, 0.3) is 0 Å². The number of aliphatic hydroxyl groups excluding tert-OH is 1.